The third kappa shape index (κ3) is 4.23. The van der Waals surface area contributed by atoms with Gasteiger partial charge in [0.05, 0.1) is 55.8 Å². The summed E-state index contributed by atoms with van der Waals surface area (Å²) in [5.41, 5.74) is 8.49. The zero-order valence-electron chi connectivity index (χ0n) is 28.8. The molecule has 0 radical (unpaired) electrons. The highest BCUT2D eigenvalue weighted by molar-refractivity contribution is 7.33. The van der Waals surface area contributed by atoms with Crippen molar-refractivity contribution in [1.29, 1.82) is 10.5 Å². The van der Waals surface area contributed by atoms with Crippen molar-refractivity contribution in [3.8, 4) is 21.9 Å². The minimum Gasteiger partial charge on any atom is -0.287 e. The molecular formula is C43H24N6OS3. The van der Waals surface area contributed by atoms with Gasteiger partial charge >= 0.3 is 0 Å². The summed E-state index contributed by atoms with van der Waals surface area (Å²) < 4.78 is 2.48. The average molecular weight is 737 g/mol. The van der Waals surface area contributed by atoms with Crippen LogP contribution in [0.25, 0.3) is 51.6 Å². The zero-order valence-corrected chi connectivity index (χ0v) is 31.2. The molecule has 0 saturated heterocycles. The summed E-state index contributed by atoms with van der Waals surface area (Å²) >= 11 is 5.08. The van der Waals surface area contributed by atoms with E-state index in [0.717, 1.165) is 32.1 Å². The molecular weight excluding hydrogens is 713 g/mol. The summed E-state index contributed by atoms with van der Waals surface area (Å²) in [5, 5.41) is 20.3. The second-order valence-corrected chi connectivity index (χ2v) is 17.2. The van der Waals surface area contributed by atoms with Crippen LogP contribution in [0.3, 0.4) is 0 Å². The van der Waals surface area contributed by atoms with Crippen LogP contribution in [0.15, 0.2) is 88.3 Å². The van der Waals surface area contributed by atoms with E-state index in [1.54, 1.807) is 46.9 Å². The number of carbonyl (C=O) groups excluding carboxylic acids is 1. The number of thiophene rings is 3. The van der Waals surface area contributed by atoms with Gasteiger partial charge in [-0.2, -0.15) is 0 Å². The van der Waals surface area contributed by atoms with Gasteiger partial charge in [0.1, 0.15) is 10.7 Å². The molecule has 10 heteroatoms. The smallest absolute Gasteiger partial charge is 0.271 e. The molecule has 0 bridgehead atoms. The van der Waals surface area contributed by atoms with Crippen LogP contribution in [0, 0.1) is 35.8 Å². The largest absolute Gasteiger partial charge is 0.287 e. The lowest BCUT2D eigenvalue weighted by Crippen LogP contribution is -2.17. The Morgan fingerprint density at radius 3 is 1.98 bits per heavy atom. The number of ketones is 1. The first-order valence-electron chi connectivity index (χ1n) is 16.6. The summed E-state index contributed by atoms with van der Waals surface area (Å²) in [4.78, 5) is 34.1. The van der Waals surface area contributed by atoms with Gasteiger partial charge in [0.15, 0.2) is 0 Å². The molecule has 0 atom stereocenters. The molecule has 0 saturated carbocycles. The van der Waals surface area contributed by atoms with Gasteiger partial charge in [0.25, 0.3) is 11.4 Å². The molecule has 250 valence electrons. The molecule has 9 rings (SSSR count). The third-order valence-corrected chi connectivity index (χ3v) is 14.3. The van der Waals surface area contributed by atoms with E-state index < -0.39 is 5.41 Å². The number of nitriles is 2. The summed E-state index contributed by atoms with van der Waals surface area (Å²) in [7, 11) is 0. The van der Waals surface area contributed by atoms with Crippen molar-refractivity contribution in [2.75, 3.05) is 0 Å². The lowest BCUT2D eigenvalue weighted by atomic mass is 9.82. The van der Waals surface area contributed by atoms with Crippen LogP contribution in [0.1, 0.15) is 76.3 Å². The highest BCUT2D eigenvalue weighted by Gasteiger charge is 2.46. The highest BCUT2D eigenvalue weighted by atomic mass is 32.1. The average Bonchev–Trinajstić information content (AvgIpc) is 3.98. The van der Waals surface area contributed by atoms with E-state index in [9.17, 15) is 15.3 Å². The van der Waals surface area contributed by atoms with Crippen molar-refractivity contribution in [2.24, 2.45) is 9.98 Å². The van der Waals surface area contributed by atoms with E-state index in [4.69, 9.17) is 23.1 Å². The first-order chi connectivity index (χ1) is 25.5. The van der Waals surface area contributed by atoms with Crippen molar-refractivity contribution >= 4 is 88.4 Å². The summed E-state index contributed by atoms with van der Waals surface area (Å²) in [6.07, 6.45) is 2.15. The number of rotatable bonds is 2. The quantitative estimate of drug-likeness (QED) is 0.133. The van der Waals surface area contributed by atoms with E-state index in [0.29, 0.717) is 38.6 Å². The molecule has 0 amide bonds. The number of aliphatic imine (C=N–C) groups is 2. The fourth-order valence-corrected chi connectivity index (χ4v) is 12.8. The van der Waals surface area contributed by atoms with Gasteiger partial charge in [-0.1, -0.05) is 82.8 Å². The molecule has 0 N–H and O–H groups in total. The molecule has 7 nitrogen and oxygen atoms in total. The van der Waals surface area contributed by atoms with Gasteiger partial charge in [-0.15, -0.1) is 34.0 Å². The van der Waals surface area contributed by atoms with Crippen molar-refractivity contribution in [2.45, 2.75) is 38.5 Å². The minimum atomic E-state index is -0.467. The molecule has 53 heavy (non-hydrogen) atoms. The minimum absolute atomic E-state index is 0.00237. The maximum absolute atomic E-state index is 13.6. The Morgan fingerprint density at radius 1 is 0.755 bits per heavy atom. The van der Waals surface area contributed by atoms with Gasteiger partial charge in [-0.3, -0.25) is 9.79 Å². The van der Waals surface area contributed by atoms with Gasteiger partial charge < -0.3 is 0 Å². The van der Waals surface area contributed by atoms with Gasteiger partial charge in [0, 0.05) is 38.0 Å². The Bertz CT molecular complexity index is 2940. The molecule has 3 heterocycles. The molecule has 0 aliphatic heterocycles. The number of nitrogens with zero attached hydrogens (tertiary/aromatic N) is 6. The van der Waals surface area contributed by atoms with Crippen LogP contribution < -0.4 is 0 Å². The number of benzene rings is 2. The Kier molecular flexibility index (Phi) is 6.84. The Labute approximate surface area is 317 Å². The van der Waals surface area contributed by atoms with Crippen LogP contribution in [0.4, 0.5) is 5.00 Å². The number of allylic oxidation sites excluding steroid dienone is 6. The number of hydrogen-bond donors (Lipinski definition) is 0. The van der Waals surface area contributed by atoms with E-state index in [1.165, 1.54) is 36.7 Å². The lowest BCUT2D eigenvalue weighted by Gasteiger charge is -2.22. The lowest BCUT2D eigenvalue weighted by molar-refractivity contribution is 0.107. The van der Waals surface area contributed by atoms with Crippen molar-refractivity contribution in [3.63, 3.8) is 0 Å². The van der Waals surface area contributed by atoms with Gasteiger partial charge in [0.2, 0.25) is 5.78 Å². The number of carbonyl (C=O) groups is 1. The van der Waals surface area contributed by atoms with Crippen molar-refractivity contribution in [1.82, 2.24) is 0 Å². The molecule has 0 spiro atoms. The monoisotopic (exact) mass is 736 g/mol. The summed E-state index contributed by atoms with van der Waals surface area (Å²) in [6, 6.07) is 20.8. The third-order valence-electron chi connectivity index (χ3n) is 10.6. The van der Waals surface area contributed by atoms with Crippen molar-refractivity contribution < 1.29 is 4.79 Å². The first kappa shape index (κ1) is 32.6. The highest BCUT2D eigenvalue weighted by Crippen LogP contribution is 2.63. The van der Waals surface area contributed by atoms with E-state index in [1.807, 2.05) is 30.3 Å². The number of fused-ring (bicyclic) bond motifs is 9. The Morgan fingerprint density at radius 2 is 1.34 bits per heavy atom. The fraction of sp³-hybridized carbons (Fsp3) is 0.140. The maximum Gasteiger partial charge on any atom is 0.271 e. The Hall–Kier alpha value is -6.27. The second-order valence-electron chi connectivity index (χ2n) is 14.1. The standard InChI is InChI=1S/C43H24N6OS3/c1-20-21-12-8-9-13-22(21)31(26(18-44)46-6)35(20)48-29-17-28-33(43(29,4)5)39-41(51-28)34-40(53-39)38-25(42(34,2)3)16-30(52-38)49-36-32(27(19-45)47-7)23-14-10-11-15-24(23)37(36)50/h8-17H,1H2,2-5H3/b31-26+,32-27?,48-35?,49-36?. The Balaban J connectivity index is 1.14. The molecule has 4 aliphatic carbocycles. The van der Waals surface area contributed by atoms with E-state index in [2.05, 4.69) is 62.2 Å². The molecule has 0 unspecified atom stereocenters. The first-order valence-corrected chi connectivity index (χ1v) is 19.0. The van der Waals surface area contributed by atoms with Gasteiger partial charge in [-0.25, -0.2) is 25.2 Å². The second kappa shape index (κ2) is 11.1. The molecule has 2 aromatic carbocycles. The fourth-order valence-electron chi connectivity index (χ4n) is 8.03. The van der Waals surface area contributed by atoms with E-state index in [-0.39, 0.29) is 28.3 Å². The van der Waals surface area contributed by atoms with Crippen molar-refractivity contribution in [3.05, 3.63) is 145 Å². The predicted molar refractivity (Wildman–Crippen MR) is 215 cm³/mol. The molecule has 5 aromatic rings. The summed E-state index contributed by atoms with van der Waals surface area (Å²) in [5.74, 6) is -0.285. The van der Waals surface area contributed by atoms with Crippen LogP contribution in [0.2, 0.25) is 0 Å². The van der Waals surface area contributed by atoms with Crippen LogP contribution in [-0.2, 0) is 10.8 Å². The maximum atomic E-state index is 13.6. The topological polar surface area (TPSA) is 98.1 Å². The summed E-state index contributed by atoms with van der Waals surface area (Å²) in [6.45, 7) is 28.5. The number of hydrogen-bond acceptors (Lipinski definition) is 8. The molecule has 0 fully saturated rings. The van der Waals surface area contributed by atoms with Gasteiger partial charge in [-0.05, 0) is 45.5 Å². The normalized spacial score (nSPS) is 20.3. The van der Waals surface area contributed by atoms with E-state index >= 15 is 0 Å². The van der Waals surface area contributed by atoms with Crippen LogP contribution >= 0.6 is 34.0 Å². The molecule has 3 aromatic heterocycles. The zero-order chi connectivity index (χ0) is 37.1. The molecule has 4 aliphatic rings. The SMILES string of the molecule is [C-]#[N+]C(C#N)=C1C(=Nc2cc3c(s2)-c2sc4c5c(sc4c2C3(C)C)C=C(N=C2C(=C)c3ccccc3/C2=C(/C#N)[N+]#[C-])C5(C)C)C(=O)c2ccccc21. The predicted octanol–water partition coefficient (Wildman–Crippen LogP) is 11.4. The number of Topliss-reactive ketones (excluding diaryl/α,β-unsaturated/α-hetero) is 1. The van der Waals surface area contributed by atoms with Crippen LogP contribution in [0.5, 0.6) is 0 Å². The van der Waals surface area contributed by atoms with Crippen LogP contribution in [-0.4, -0.2) is 17.2 Å².